The van der Waals surface area contributed by atoms with Gasteiger partial charge in [-0.15, -0.1) is 0 Å². The molecule has 0 N–H and O–H groups in total. The van der Waals surface area contributed by atoms with Gasteiger partial charge in [0.25, 0.3) is 11.6 Å². The number of piperazine rings is 1. The fourth-order valence-electron chi connectivity index (χ4n) is 3.26. The molecule has 3 rings (SSSR count). The number of amides is 1. The third kappa shape index (κ3) is 5.21. The lowest BCUT2D eigenvalue weighted by Crippen LogP contribution is -2.49. The van der Waals surface area contributed by atoms with Gasteiger partial charge >= 0.3 is 5.97 Å². The second kappa shape index (κ2) is 9.79. The van der Waals surface area contributed by atoms with Crippen molar-refractivity contribution in [1.82, 2.24) is 4.90 Å². The van der Waals surface area contributed by atoms with E-state index in [1.54, 1.807) is 23.1 Å². The molecule has 0 spiro atoms. The van der Waals surface area contributed by atoms with E-state index < -0.39 is 10.9 Å². The zero-order valence-corrected chi connectivity index (χ0v) is 17.3. The molecule has 164 valence electrons. The third-order valence-corrected chi connectivity index (χ3v) is 5.00. The van der Waals surface area contributed by atoms with E-state index in [1.807, 2.05) is 4.90 Å². The van der Waals surface area contributed by atoms with Crippen LogP contribution in [0.3, 0.4) is 0 Å². The van der Waals surface area contributed by atoms with Crippen LogP contribution in [0, 0.1) is 10.1 Å². The molecule has 0 atom stereocenters. The van der Waals surface area contributed by atoms with Gasteiger partial charge in [0.05, 0.1) is 24.7 Å². The van der Waals surface area contributed by atoms with Gasteiger partial charge in [-0.1, -0.05) is 0 Å². The van der Waals surface area contributed by atoms with Crippen molar-refractivity contribution in [2.24, 2.45) is 0 Å². The number of carbonyl (C=O) groups is 2. The number of benzene rings is 2. The minimum Gasteiger partial charge on any atom is -0.493 e. The smallest absolute Gasteiger partial charge is 0.338 e. The molecule has 0 unspecified atom stereocenters. The highest BCUT2D eigenvalue weighted by Crippen LogP contribution is 2.27. The molecule has 0 saturated carbocycles. The van der Waals surface area contributed by atoms with Gasteiger partial charge < -0.3 is 24.0 Å². The van der Waals surface area contributed by atoms with Crippen molar-refractivity contribution in [1.29, 1.82) is 0 Å². The zero-order chi connectivity index (χ0) is 22.4. The monoisotopic (exact) mass is 429 g/mol. The van der Waals surface area contributed by atoms with Crippen molar-refractivity contribution < 1.29 is 28.7 Å². The summed E-state index contributed by atoms with van der Waals surface area (Å²) in [5.74, 6) is -0.0253. The van der Waals surface area contributed by atoms with Gasteiger partial charge in [0, 0.05) is 44.0 Å². The van der Waals surface area contributed by atoms with Gasteiger partial charge in [0.1, 0.15) is 0 Å². The number of nitrogens with zero attached hydrogens (tertiary/aromatic N) is 3. The number of anilines is 1. The summed E-state index contributed by atoms with van der Waals surface area (Å²) in [6.45, 7) is 1.72. The van der Waals surface area contributed by atoms with Crippen LogP contribution in [0.2, 0.25) is 0 Å². The van der Waals surface area contributed by atoms with Crippen molar-refractivity contribution in [3.05, 3.63) is 58.1 Å². The van der Waals surface area contributed by atoms with Gasteiger partial charge in [-0.3, -0.25) is 14.9 Å². The Morgan fingerprint density at radius 1 is 0.968 bits per heavy atom. The fraction of sp³-hybridized carbons (Fsp3) is 0.333. The Labute approximate surface area is 179 Å². The summed E-state index contributed by atoms with van der Waals surface area (Å²) in [5.41, 5.74) is 1.15. The van der Waals surface area contributed by atoms with Crippen LogP contribution in [0.1, 0.15) is 10.4 Å². The van der Waals surface area contributed by atoms with Crippen LogP contribution in [0.15, 0.2) is 42.5 Å². The second-order valence-electron chi connectivity index (χ2n) is 6.79. The third-order valence-electron chi connectivity index (χ3n) is 5.00. The minimum atomic E-state index is -0.626. The molecule has 2 aromatic carbocycles. The summed E-state index contributed by atoms with van der Waals surface area (Å²) in [7, 11) is 2.96. The molecule has 1 saturated heterocycles. The molecule has 10 heteroatoms. The largest absolute Gasteiger partial charge is 0.493 e. The molecule has 0 aliphatic carbocycles. The van der Waals surface area contributed by atoms with Crippen LogP contribution in [0.25, 0.3) is 0 Å². The number of methoxy groups -OCH3 is 2. The Kier molecular flexibility index (Phi) is 6.91. The summed E-state index contributed by atoms with van der Waals surface area (Å²) in [6.07, 6.45) is 0. The highest BCUT2D eigenvalue weighted by Gasteiger charge is 2.23. The molecule has 1 aliphatic rings. The van der Waals surface area contributed by atoms with E-state index in [0.29, 0.717) is 37.7 Å². The number of esters is 1. The standard InChI is InChI=1S/C21H23N3O7/c1-29-18-8-3-15(13-19(18)30-2)21(26)31-14-20(25)23-11-9-22(10-12-23)16-4-6-17(7-5-16)24(27)28/h3-8,13H,9-12,14H2,1-2H3. The number of nitro benzene ring substituents is 1. The number of non-ortho nitro benzene ring substituents is 1. The Balaban J connectivity index is 1.50. The summed E-state index contributed by atoms with van der Waals surface area (Å²) in [4.78, 5) is 38.7. The van der Waals surface area contributed by atoms with Crippen molar-refractivity contribution in [2.45, 2.75) is 0 Å². The van der Waals surface area contributed by atoms with E-state index >= 15 is 0 Å². The van der Waals surface area contributed by atoms with Crippen LogP contribution in [-0.4, -0.2) is 68.7 Å². The Morgan fingerprint density at radius 2 is 1.61 bits per heavy atom. The first-order valence-corrected chi connectivity index (χ1v) is 9.59. The van der Waals surface area contributed by atoms with Gasteiger partial charge in [0.15, 0.2) is 18.1 Å². The molecule has 31 heavy (non-hydrogen) atoms. The van der Waals surface area contributed by atoms with Crippen molar-refractivity contribution in [3.8, 4) is 11.5 Å². The molecular formula is C21H23N3O7. The molecule has 1 amide bonds. The van der Waals surface area contributed by atoms with Crippen LogP contribution < -0.4 is 14.4 Å². The number of hydrogen-bond acceptors (Lipinski definition) is 8. The van der Waals surface area contributed by atoms with Crippen LogP contribution in [0.5, 0.6) is 11.5 Å². The molecule has 1 fully saturated rings. The topological polar surface area (TPSA) is 111 Å². The first kappa shape index (κ1) is 21.9. The molecule has 0 bridgehead atoms. The number of hydrogen-bond donors (Lipinski definition) is 0. The normalized spacial score (nSPS) is 13.5. The first-order chi connectivity index (χ1) is 14.9. The maximum atomic E-state index is 12.4. The molecule has 0 aromatic heterocycles. The maximum absolute atomic E-state index is 12.4. The van der Waals surface area contributed by atoms with Gasteiger partial charge in [0.2, 0.25) is 0 Å². The Hall–Kier alpha value is -3.82. The molecular weight excluding hydrogens is 406 g/mol. The number of carbonyl (C=O) groups excluding carboxylic acids is 2. The molecule has 10 nitrogen and oxygen atoms in total. The van der Waals surface area contributed by atoms with Crippen LogP contribution >= 0.6 is 0 Å². The van der Waals surface area contributed by atoms with Gasteiger partial charge in [-0.25, -0.2) is 4.79 Å². The molecule has 2 aromatic rings. The molecule has 1 aliphatic heterocycles. The summed E-state index contributed by atoms with van der Waals surface area (Å²) in [5, 5.41) is 10.8. The lowest BCUT2D eigenvalue weighted by molar-refractivity contribution is -0.384. The van der Waals surface area contributed by atoms with Crippen LogP contribution in [-0.2, 0) is 9.53 Å². The van der Waals surface area contributed by atoms with E-state index in [2.05, 4.69) is 0 Å². The highest BCUT2D eigenvalue weighted by atomic mass is 16.6. The van der Waals surface area contributed by atoms with E-state index in [0.717, 1.165) is 5.69 Å². The predicted molar refractivity (Wildman–Crippen MR) is 112 cm³/mol. The van der Waals surface area contributed by atoms with Gasteiger partial charge in [-0.05, 0) is 30.3 Å². The quantitative estimate of drug-likeness (QED) is 0.374. The van der Waals surface area contributed by atoms with Gasteiger partial charge in [-0.2, -0.15) is 0 Å². The van der Waals surface area contributed by atoms with E-state index in [-0.39, 0.29) is 23.8 Å². The Bertz CT molecular complexity index is 954. The molecule has 0 radical (unpaired) electrons. The number of ether oxygens (including phenoxy) is 3. The molecule has 1 heterocycles. The average molecular weight is 429 g/mol. The SMILES string of the molecule is COc1ccc(C(=O)OCC(=O)N2CCN(c3ccc([N+](=O)[O-])cc3)CC2)cc1OC. The zero-order valence-electron chi connectivity index (χ0n) is 17.3. The van der Waals surface area contributed by atoms with Crippen LogP contribution in [0.4, 0.5) is 11.4 Å². The lowest BCUT2D eigenvalue weighted by atomic mass is 10.2. The Morgan fingerprint density at radius 3 is 2.19 bits per heavy atom. The average Bonchev–Trinajstić information content (AvgIpc) is 2.81. The van der Waals surface area contributed by atoms with Crippen molar-refractivity contribution in [3.63, 3.8) is 0 Å². The predicted octanol–water partition coefficient (Wildman–Crippen LogP) is 2.12. The number of rotatable bonds is 7. The summed E-state index contributed by atoms with van der Waals surface area (Å²) < 4.78 is 15.5. The van der Waals surface area contributed by atoms with E-state index in [9.17, 15) is 19.7 Å². The maximum Gasteiger partial charge on any atom is 0.338 e. The number of nitro groups is 1. The minimum absolute atomic E-state index is 0.0360. The first-order valence-electron chi connectivity index (χ1n) is 9.59. The second-order valence-corrected chi connectivity index (χ2v) is 6.79. The highest BCUT2D eigenvalue weighted by molar-refractivity contribution is 5.92. The lowest BCUT2D eigenvalue weighted by Gasteiger charge is -2.36. The summed E-state index contributed by atoms with van der Waals surface area (Å²) >= 11 is 0. The van der Waals surface area contributed by atoms with E-state index in [1.165, 1.54) is 38.5 Å². The van der Waals surface area contributed by atoms with Crippen molar-refractivity contribution in [2.75, 3.05) is 51.9 Å². The summed E-state index contributed by atoms with van der Waals surface area (Å²) in [6, 6.07) is 10.9. The van der Waals surface area contributed by atoms with Crippen molar-refractivity contribution >= 4 is 23.3 Å². The van der Waals surface area contributed by atoms with E-state index in [4.69, 9.17) is 14.2 Å². The fourth-order valence-corrected chi connectivity index (χ4v) is 3.26.